The Balaban J connectivity index is 4.42. The van der Waals surface area contributed by atoms with Gasteiger partial charge in [-0.3, -0.25) is 14.4 Å². The summed E-state index contributed by atoms with van der Waals surface area (Å²) in [6.45, 7) is 6.55. The molecule has 2 N–H and O–H groups in total. The molecule has 6 nitrogen and oxygen atoms in total. The second kappa shape index (κ2) is 10.2. The number of carbonyl (C=O) groups excluding carboxylic acids is 2. The van der Waals surface area contributed by atoms with Gasteiger partial charge in [0.1, 0.15) is 0 Å². The van der Waals surface area contributed by atoms with Gasteiger partial charge in [0.05, 0.1) is 6.42 Å². The Morgan fingerprint density at radius 1 is 1.15 bits per heavy atom. The number of amides is 2. The third kappa shape index (κ3) is 7.76. The summed E-state index contributed by atoms with van der Waals surface area (Å²) in [6, 6.07) is 0. The highest BCUT2D eigenvalue weighted by Crippen LogP contribution is 2.12. The van der Waals surface area contributed by atoms with Crippen molar-refractivity contribution >= 4 is 17.8 Å². The number of carbonyl (C=O) groups is 3. The summed E-state index contributed by atoms with van der Waals surface area (Å²) in [5.41, 5.74) is 0. The molecule has 2 amide bonds. The molecule has 0 saturated carbocycles. The molecule has 0 bridgehead atoms. The lowest BCUT2D eigenvalue weighted by atomic mass is 10.0. The predicted octanol–water partition coefficient (Wildman–Crippen LogP) is 1.25. The van der Waals surface area contributed by atoms with Gasteiger partial charge in [-0.1, -0.05) is 13.8 Å². The van der Waals surface area contributed by atoms with Crippen molar-refractivity contribution in [2.45, 2.75) is 46.5 Å². The molecule has 0 radical (unpaired) electrons. The third-order valence-electron chi connectivity index (χ3n) is 3.22. The maximum absolute atomic E-state index is 12.3. The molecule has 0 saturated heterocycles. The highest BCUT2D eigenvalue weighted by atomic mass is 16.4. The Hall–Kier alpha value is -1.59. The molecule has 0 aromatic heterocycles. The molecule has 0 spiro atoms. The first-order valence-corrected chi connectivity index (χ1v) is 7.17. The summed E-state index contributed by atoms with van der Waals surface area (Å²) in [7, 11) is 0. The van der Waals surface area contributed by atoms with Gasteiger partial charge >= 0.3 is 5.97 Å². The van der Waals surface area contributed by atoms with Crippen LogP contribution >= 0.6 is 0 Å². The molecule has 0 aliphatic carbocycles. The van der Waals surface area contributed by atoms with Crippen molar-refractivity contribution in [1.29, 1.82) is 0 Å². The number of hydrogen-bond acceptors (Lipinski definition) is 3. The number of nitrogens with zero attached hydrogens (tertiary/aromatic N) is 1. The molecule has 20 heavy (non-hydrogen) atoms. The van der Waals surface area contributed by atoms with Crippen molar-refractivity contribution in [2.24, 2.45) is 5.92 Å². The minimum absolute atomic E-state index is 0.0130. The molecule has 0 fully saturated rings. The van der Waals surface area contributed by atoms with Gasteiger partial charge in [-0.15, -0.1) is 0 Å². The zero-order valence-corrected chi connectivity index (χ0v) is 12.6. The second-order valence-corrected chi connectivity index (χ2v) is 4.82. The van der Waals surface area contributed by atoms with E-state index in [0.717, 1.165) is 12.8 Å². The lowest BCUT2D eigenvalue weighted by Gasteiger charge is -2.26. The minimum Gasteiger partial charge on any atom is -0.481 e. The van der Waals surface area contributed by atoms with Gasteiger partial charge in [-0.05, 0) is 19.3 Å². The molecular formula is C14H26N2O4. The van der Waals surface area contributed by atoms with Crippen molar-refractivity contribution in [3.63, 3.8) is 0 Å². The van der Waals surface area contributed by atoms with E-state index in [1.54, 1.807) is 4.90 Å². The normalized spacial score (nSPS) is 10.4. The molecule has 0 aliphatic rings. The average Bonchev–Trinajstić information content (AvgIpc) is 2.38. The van der Waals surface area contributed by atoms with Crippen LogP contribution in [0.1, 0.15) is 46.5 Å². The SMILES string of the molecule is CCC(CC)C(=O)N(CCCNC(C)=O)CCC(=O)O. The van der Waals surface area contributed by atoms with Crippen LogP contribution in [-0.4, -0.2) is 47.4 Å². The zero-order chi connectivity index (χ0) is 15.5. The van der Waals surface area contributed by atoms with Gasteiger partial charge in [0.2, 0.25) is 11.8 Å². The van der Waals surface area contributed by atoms with Crippen molar-refractivity contribution in [3.05, 3.63) is 0 Å². The summed E-state index contributed by atoms with van der Waals surface area (Å²) in [5.74, 6) is -1.05. The van der Waals surface area contributed by atoms with Crippen LogP contribution in [0.3, 0.4) is 0 Å². The number of aliphatic carboxylic acids is 1. The van der Waals surface area contributed by atoms with E-state index in [0.29, 0.717) is 19.5 Å². The van der Waals surface area contributed by atoms with Gasteiger partial charge in [0.25, 0.3) is 0 Å². The molecule has 6 heteroatoms. The fourth-order valence-corrected chi connectivity index (χ4v) is 1.99. The topological polar surface area (TPSA) is 86.7 Å². The van der Waals surface area contributed by atoms with Crippen LogP contribution in [-0.2, 0) is 14.4 Å². The largest absolute Gasteiger partial charge is 0.481 e. The summed E-state index contributed by atoms with van der Waals surface area (Å²) in [6.07, 6.45) is 2.09. The van der Waals surface area contributed by atoms with Crippen LogP contribution < -0.4 is 5.32 Å². The van der Waals surface area contributed by atoms with Gasteiger partial charge in [0, 0.05) is 32.5 Å². The number of carboxylic acids is 1. The summed E-state index contributed by atoms with van der Waals surface area (Å²) in [5, 5.41) is 11.4. The minimum atomic E-state index is -0.908. The van der Waals surface area contributed by atoms with Crippen molar-refractivity contribution in [3.8, 4) is 0 Å². The average molecular weight is 286 g/mol. The number of hydrogen-bond donors (Lipinski definition) is 2. The number of carboxylic acid groups (broad SMARTS) is 1. The highest BCUT2D eigenvalue weighted by Gasteiger charge is 2.21. The lowest BCUT2D eigenvalue weighted by Crippen LogP contribution is -2.39. The molecule has 0 unspecified atom stereocenters. The first-order chi connectivity index (χ1) is 9.42. The van der Waals surface area contributed by atoms with Gasteiger partial charge in [0.15, 0.2) is 0 Å². The van der Waals surface area contributed by atoms with E-state index in [2.05, 4.69) is 5.32 Å². The zero-order valence-electron chi connectivity index (χ0n) is 12.6. The fourth-order valence-electron chi connectivity index (χ4n) is 1.99. The predicted molar refractivity (Wildman–Crippen MR) is 76.2 cm³/mol. The maximum atomic E-state index is 12.3. The van der Waals surface area contributed by atoms with Crippen LogP contribution in [0.4, 0.5) is 0 Å². The van der Waals surface area contributed by atoms with Gasteiger partial charge in [-0.2, -0.15) is 0 Å². The molecule has 116 valence electrons. The smallest absolute Gasteiger partial charge is 0.305 e. The van der Waals surface area contributed by atoms with Crippen LogP contribution in [0.15, 0.2) is 0 Å². The Labute approximate surface area is 120 Å². The van der Waals surface area contributed by atoms with Crippen LogP contribution in [0.5, 0.6) is 0 Å². The first-order valence-electron chi connectivity index (χ1n) is 7.17. The molecule has 0 aromatic rings. The standard InChI is InChI=1S/C14H26N2O4/c1-4-12(5-2)14(20)16(10-7-13(18)19)9-6-8-15-11(3)17/h12H,4-10H2,1-3H3,(H,15,17)(H,18,19). The maximum Gasteiger partial charge on any atom is 0.305 e. The van der Waals surface area contributed by atoms with Crippen molar-refractivity contribution in [2.75, 3.05) is 19.6 Å². The van der Waals surface area contributed by atoms with Gasteiger partial charge in [-0.25, -0.2) is 0 Å². The molecular weight excluding hydrogens is 260 g/mol. The van der Waals surface area contributed by atoms with E-state index in [-0.39, 0.29) is 30.7 Å². The fraction of sp³-hybridized carbons (Fsp3) is 0.786. The summed E-state index contributed by atoms with van der Waals surface area (Å²) >= 11 is 0. The monoisotopic (exact) mass is 286 g/mol. The van der Waals surface area contributed by atoms with Crippen LogP contribution in [0.25, 0.3) is 0 Å². The quantitative estimate of drug-likeness (QED) is 0.592. The highest BCUT2D eigenvalue weighted by molar-refractivity contribution is 5.79. The number of nitrogens with one attached hydrogen (secondary N) is 1. The second-order valence-electron chi connectivity index (χ2n) is 4.82. The van der Waals surface area contributed by atoms with E-state index in [1.807, 2.05) is 13.8 Å². The Bertz CT molecular complexity index is 327. The Morgan fingerprint density at radius 2 is 1.75 bits per heavy atom. The number of rotatable bonds is 10. The van der Waals surface area contributed by atoms with E-state index < -0.39 is 5.97 Å². The van der Waals surface area contributed by atoms with Crippen LogP contribution in [0, 0.1) is 5.92 Å². The lowest BCUT2D eigenvalue weighted by molar-refractivity contribution is -0.139. The molecule has 0 heterocycles. The van der Waals surface area contributed by atoms with E-state index in [1.165, 1.54) is 6.92 Å². The van der Waals surface area contributed by atoms with E-state index >= 15 is 0 Å². The third-order valence-corrected chi connectivity index (χ3v) is 3.22. The van der Waals surface area contributed by atoms with E-state index in [4.69, 9.17) is 5.11 Å². The van der Waals surface area contributed by atoms with Gasteiger partial charge < -0.3 is 15.3 Å². The van der Waals surface area contributed by atoms with Crippen LogP contribution in [0.2, 0.25) is 0 Å². The van der Waals surface area contributed by atoms with Crippen molar-refractivity contribution in [1.82, 2.24) is 10.2 Å². The molecule has 0 aromatic carbocycles. The summed E-state index contributed by atoms with van der Waals surface area (Å²) in [4.78, 5) is 35.3. The van der Waals surface area contributed by atoms with Crippen molar-refractivity contribution < 1.29 is 19.5 Å². The Kier molecular flexibility index (Phi) is 9.41. The molecule has 0 rings (SSSR count). The molecule has 0 aliphatic heterocycles. The Morgan fingerprint density at radius 3 is 2.20 bits per heavy atom. The first kappa shape index (κ1) is 18.4. The molecule has 0 atom stereocenters. The summed E-state index contributed by atoms with van der Waals surface area (Å²) < 4.78 is 0. The van der Waals surface area contributed by atoms with E-state index in [9.17, 15) is 14.4 Å².